The molecule has 4 heteroatoms. The van der Waals surface area contributed by atoms with Crippen LogP contribution >= 0.6 is 0 Å². The van der Waals surface area contributed by atoms with E-state index in [-0.39, 0.29) is 5.97 Å². The highest BCUT2D eigenvalue weighted by atomic mass is 16.5. The minimum Gasteiger partial charge on any atom is -0.469 e. The van der Waals surface area contributed by atoms with Crippen molar-refractivity contribution in [1.29, 1.82) is 10.8 Å². The van der Waals surface area contributed by atoms with Gasteiger partial charge in [0.2, 0.25) is 0 Å². The van der Waals surface area contributed by atoms with Gasteiger partial charge in [-0.25, -0.2) is 0 Å². The lowest BCUT2D eigenvalue weighted by atomic mass is 10.2. The van der Waals surface area contributed by atoms with Crippen molar-refractivity contribution in [3.8, 4) is 0 Å². The Bertz CT molecular complexity index is 331. The zero-order valence-corrected chi connectivity index (χ0v) is 8.46. The predicted octanol–water partition coefficient (Wildman–Crippen LogP) is 2.29. The highest BCUT2D eigenvalue weighted by Crippen LogP contribution is 2.01. The summed E-state index contributed by atoms with van der Waals surface area (Å²) in [4.78, 5) is 10.7. The van der Waals surface area contributed by atoms with E-state index in [1.54, 1.807) is 6.08 Å². The van der Waals surface area contributed by atoms with Gasteiger partial charge in [-0.15, -0.1) is 0 Å². The van der Waals surface area contributed by atoms with E-state index in [1.807, 2.05) is 36.4 Å². The average Bonchev–Trinajstić information content (AvgIpc) is 2.33. The highest BCUT2D eigenvalue weighted by molar-refractivity contribution is 5.72. The van der Waals surface area contributed by atoms with E-state index in [0.29, 0.717) is 6.42 Å². The van der Waals surface area contributed by atoms with Crippen LogP contribution in [0.25, 0.3) is 6.08 Å². The van der Waals surface area contributed by atoms with Crippen molar-refractivity contribution in [2.75, 3.05) is 7.11 Å². The largest absolute Gasteiger partial charge is 0.469 e. The maximum Gasteiger partial charge on any atom is 0.309 e. The molecule has 78 valence electrons. The van der Waals surface area contributed by atoms with Crippen molar-refractivity contribution in [1.82, 2.24) is 0 Å². The van der Waals surface area contributed by atoms with Gasteiger partial charge in [0.1, 0.15) is 0 Å². The fourth-order valence-corrected chi connectivity index (χ4v) is 0.939. The van der Waals surface area contributed by atoms with E-state index in [4.69, 9.17) is 10.8 Å². The second-order valence-corrected chi connectivity index (χ2v) is 2.59. The van der Waals surface area contributed by atoms with Crippen LogP contribution in [0.5, 0.6) is 0 Å². The second kappa shape index (κ2) is 8.45. The minimum atomic E-state index is -0.216. The Hall–Kier alpha value is -2.15. The smallest absolute Gasteiger partial charge is 0.309 e. The molecule has 0 N–H and O–H groups in total. The van der Waals surface area contributed by atoms with Crippen LogP contribution in [-0.4, -0.2) is 13.1 Å². The molecule has 4 nitrogen and oxygen atoms in total. The van der Waals surface area contributed by atoms with Crippen LogP contribution in [0.15, 0.2) is 36.4 Å². The summed E-state index contributed by atoms with van der Waals surface area (Å²) in [7, 11) is 1.39. The molecule has 0 fully saturated rings. The van der Waals surface area contributed by atoms with Crippen LogP contribution in [0.4, 0.5) is 0 Å². The maximum atomic E-state index is 10.7. The lowest BCUT2D eigenvalue weighted by Gasteiger charge is -1.92. The summed E-state index contributed by atoms with van der Waals surface area (Å²) >= 11 is 0. The van der Waals surface area contributed by atoms with Crippen LogP contribution in [0.3, 0.4) is 0 Å². The third-order valence-corrected chi connectivity index (χ3v) is 1.62. The van der Waals surface area contributed by atoms with Gasteiger partial charge in [-0.2, -0.15) is 0 Å². The molecular formula is C11H12N2O2. The Kier molecular flexibility index (Phi) is 7.24. The number of carbonyl (C=O) groups is 1. The molecule has 0 aliphatic rings. The highest BCUT2D eigenvalue weighted by Gasteiger charge is 1.93. The van der Waals surface area contributed by atoms with Crippen molar-refractivity contribution >= 4 is 12.0 Å². The molecule has 0 bridgehead atoms. The first-order chi connectivity index (χ1) is 7.33. The normalized spacial score (nSPS) is 9.00. The number of benzene rings is 1. The van der Waals surface area contributed by atoms with E-state index >= 15 is 0 Å². The summed E-state index contributed by atoms with van der Waals surface area (Å²) in [6.45, 7) is 0. The summed E-state index contributed by atoms with van der Waals surface area (Å²) in [5.74, 6) is -0.216. The fourth-order valence-electron chi connectivity index (χ4n) is 0.939. The van der Waals surface area contributed by atoms with Crippen LogP contribution in [0, 0.1) is 10.8 Å². The van der Waals surface area contributed by atoms with Gasteiger partial charge in [-0.1, -0.05) is 42.5 Å². The molecule has 0 unspecified atom stereocenters. The molecule has 0 aliphatic heterocycles. The first-order valence-electron chi connectivity index (χ1n) is 4.31. The van der Waals surface area contributed by atoms with E-state index in [1.165, 1.54) is 7.11 Å². The number of hydrogen-bond acceptors (Lipinski definition) is 4. The van der Waals surface area contributed by atoms with Crippen molar-refractivity contribution in [2.45, 2.75) is 6.42 Å². The number of methoxy groups -OCH3 is 1. The standard InChI is InChI=1S/C11H12O2.N2/c1-13-11(12)9-5-8-10-6-3-2-4-7-10;1-2/h2-8H,9H2,1H3;. The van der Waals surface area contributed by atoms with Crippen LogP contribution in [0.1, 0.15) is 12.0 Å². The van der Waals surface area contributed by atoms with Crippen LogP contribution < -0.4 is 0 Å². The first-order valence-corrected chi connectivity index (χ1v) is 4.31. The number of carbonyl (C=O) groups excluding carboxylic acids is 1. The number of esters is 1. The average molecular weight is 204 g/mol. The summed E-state index contributed by atoms with van der Waals surface area (Å²) in [6, 6.07) is 9.83. The topological polar surface area (TPSA) is 73.9 Å². The van der Waals surface area contributed by atoms with Gasteiger partial charge in [-0.05, 0) is 5.56 Å². The van der Waals surface area contributed by atoms with Crippen LogP contribution in [0.2, 0.25) is 0 Å². The molecule has 0 aromatic heterocycles. The maximum absolute atomic E-state index is 10.7. The second-order valence-electron chi connectivity index (χ2n) is 2.59. The Balaban J connectivity index is 0.000000921. The quantitative estimate of drug-likeness (QED) is 0.559. The molecule has 0 aliphatic carbocycles. The van der Waals surface area contributed by atoms with Gasteiger partial charge in [-0.3, -0.25) is 4.79 Å². The minimum absolute atomic E-state index is 0.216. The number of nitrogens with zero attached hydrogens (tertiary/aromatic N) is 2. The van der Waals surface area contributed by atoms with Crippen molar-refractivity contribution in [3.63, 3.8) is 0 Å². The molecular weight excluding hydrogens is 192 g/mol. The van der Waals surface area contributed by atoms with Crippen molar-refractivity contribution in [3.05, 3.63) is 42.0 Å². The molecule has 1 rings (SSSR count). The van der Waals surface area contributed by atoms with Crippen molar-refractivity contribution in [2.24, 2.45) is 0 Å². The zero-order chi connectivity index (χ0) is 11.5. The first kappa shape index (κ1) is 12.8. The number of ether oxygens (including phenoxy) is 1. The Morgan fingerprint density at radius 3 is 2.47 bits per heavy atom. The van der Waals surface area contributed by atoms with E-state index in [0.717, 1.165) is 5.56 Å². The Labute approximate surface area is 88.6 Å². The third-order valence-electron chi connectivity index (χ3n) is 1.62. The lowest BCUT2D eigenvalue weighted by Crippen LogP contribution is -1.96. The SMILES string of the molecule is COC(=O)CC=Cc1ccccc1.N#N. The number of rotatable bonds is 3. The molecule has 1 aromatic rings. The van der Waals surface area contributed by atoms with Gasteiger partial charge in [0, 0.05) is 10.8 Å². The van der Waals surface area contributed by atoms with Crippen LogP contribution in [-0.2, 0) is 9.53 Å². The fraction of sp³-hybridized carbons (Fsp3) is 0.182. The summed E-state index contributed by atoms with van der Waals surface area (Å²) < 4.78 is 4.50. The molecule has 0 amide bonds. The van der Waals surface area contributed by atoms with Gasteiger partial charge in [0.25, 0.3) is 0 Å². The predicted molar refractivity (Wildman–Crippen MR) is 55.6 cm³/mol. The molecule has 1 aromatic carbocycles. The van der Waals surface area contributed by atoms with E-state index in [2.05, 4.69) is 4.74 Å². The monoisotopic (exact) mass is 204 g/mol. The number of hydrogen-bond donors (Lipinski definition) is 0. The summed E-state index contributed by atoms with van der Waals surface area (Å²) in [5.41, 5.74) is 1.09. The van der Waals surface area contributed by atoms with Gasteiger partial charge in [0.15, 0.2) is 0 Å². The van der Waals surface area contributed by atoms with Gasteiger partial charge in [0.05, 0.1) is 13.5 Å². The summed E-state index contributed by atoms with van der Waals surface area (Å²) in [6.07, 6.45) is 4.02. The molecule has 0 radical (unpaired) electrons. The molecule has 0 spiro atoms. The molecule has 0 saturated heterocycles. The van der Waals surface area contributed by atoms with E-state index < -0.39 is 0 Å². The molecule has 0 heterocycles. The lowest BCUT2D eigenvalue weighted by molar-refractivity contribution is -0.139. The molecule has 15 heavy (non-hydrogen) atoms. The third kappa shape index (κ3) is 5.99. The molecule has 0 atom stereocenters. The van der Waals surface area contributed by atoms with Gasteiger partial charge >= 0.3 is 5.97 Å². The van der Waals surface area contributed by atoms with E-state index in [9.17, 15) is 4.79 Å². The molecule has 0 saturated carbocycles. The zero-order valence-electron chi connectivity index (χ0n) is 8.46. The summed E-state index contributed by atoms with van der Waals surface area (Å²) in [5, 5.41) is 12.0. The van der Waals surface area contributed by atoms with Gasteiger partial charge < -0.3 is 4.74 Å². The Morgan fingerprint density at radius 1 is 1.33 bits per heavy atom. The van der Waals surface area contributed by atoms with Crippen molar-refractivity contribution < 1.29 is 9.53 Å². The Morgan fingerprint density at radius 2 is 1.93 bits per heavy atom.